The third-order valence-corrected chi connectivity index (χ3v) is 4.05. The van der Waals surface area contributed by atoms with Crippen LogP contribution >= 0.6 is 0 Å². The molecular formula is C13H13F3N4O2S. The van der Waals surface area contributed by atoms with Gasteiger partial charge in [-0.1, -0.05) is 6.07 Å². The number of nitrogens with one attached hydrogen (secondary N) is 2. The quantitative estimate of drug-likeness (QED) is 0.869. The zero-order chi connectivity index (χ0) is 17.1. The number of sulfonamides is 1. The predicted octanol–water partition coefficient (Wildman–Crippen LogP) is 3.00. The van der Waals surface area contributed by atoms with Crippen LogP contribution in [0.25, 0.3) is 0 Å². The molecule has 2 aromatic rings. The van der Waals surface area contributed by atoms with E-state index < -0.39 is 21.8 Å². The Morgan fingerprint density at radius 2 is 1.74 bits per heavy atom. The normalized spacial score (nSPS) is 12.0. The summed E-state index contributed by atoms with van der Waals surface area (Å²) in [6, 6.07) is 7.37. The third-order valence-electron chi connectivity index (χ3n) is 2.77. The van der Waals surface area contributed by atoms with Gasteiger partial charge in [-0.05, 0) is 37.3 Å². The van der Waals surface area contributed by atoms with Crippen molar-refractivity contribution >= 4 is 27.3 Å². The van der Waals surface area contributed by atoms with E-state index in [4.69, 9.17) is 0 Å². The van der Waals surface area contributed by atoms with Crippen molar-refractivity contribution in [3.63, 3.8) is 0 Å². The summed E-state index contributed by atoms with van der Waals surface area (Å²) in [5.41, 5.74) is -0.598. The molecule has 0 fully saturated rings. The van der Waals surface area contributed by atoms with Crippen LogP contribution in [0.2, 0.25) is 0 Å². The van der Waals surface area contributed by atoms with E-state index in [1.807, 2.05) is 0 Å². The zero-order valence-electron chi connectivity index (χ0n) is 11.9. The number of nitrogens with zero attached hydrogens (tertiary/aromatic N) is 2. The number of hydrogen-bond donors (Lipinski definition) is 2. The fourth-order valence-electron chi connectivity index (χ4n) is 1.61. The van der Waals surface area contributed by atoms with Crippen LogP contribution in [0, 0.1) is 0 Å². The van der Waals surface area contributed by atoms with Gasteiger partial charge in [-0.2, -0.15) is 13.2 Å². The van der Waals surface area contributed by atoms with Crippen molar-refractivity contribution in [1.82, 2.24) is 10.2 Å². The fourth-order valence-corrected chi connectivity index (χ4v) is 2.18. The average molecular weight is 346 g/mol. The molecule has 124 valence electrons. The first kappa shape index (κ1) is 17.0. The van der Waals surface area contributed by atoms with Crippen LogP contribution in [0.1, 0.15) is 12.5 Å². The largest absolute Gasteiger partial charge is 0.416 e. The van der Waals surface area contributed by atoms with E-state index >= 15 is 0 Å². The van der Waals surface area contributed by atoms with Gasteiger partial charge in [0.05, 0.1) is 11.3 Å². The molecule has 6 nitrogen and oxygen atoms in total. The van der Waals surface area contributed by atoms with E-state index in [1.54, 1.807) is 0 Å². The topological polar surface area (TPSA) is 84.0 Å². The van der Waals surface area contributed by atoms with Crippen LogP contribution in [0.15, 0.2) is 36.4 Å². The van der Waals surface area contributed by atoms with Gasteiger partial charge in [-0.3, -0.25) is 4.72 Å². The molecule has 0 aliphatic carbocycles. The molecule has 10 heteroatoms. The fraction of sp³-hybridized carbons (Fsp3) is 0.231. The second kappa shape index (κ2) is 6.41. The molecule has 0 saturated carbocycles. The number of halogens is 3. The first-order valence-corrected chi connectivity index (χ1v) is 8.13. The van der Waals surface area contributed by atoms with Crippen molar-refractivity contribution in [1.29, 1.82) is 0 Å². The van der Waals surface area contributed by atoms with E-state index in [0.29, 0.717) is 0 Å². The molecule has 0 aliphatic heterocycles. The minimum Gasteiger partial charge on any atom is -0.339 e. The van der Waals surface area contributed by atoms with E-state index in [9.17, 15) is 21.6 Å². The summed E-state index contributed by atoms with van der Waals surface area (Å²) in [7, 11) is -3.46. The van der Waals surface area contributed by atoms with Gasteiger partial charge < -0.3 is 5.32 Å². The van der Waals surface area contributed by atoms with Gasteiger partial charge in [-0.25, -0.2) is 8.42 Å². The Morgan fingerprint density at radius 1 is 1.09 bits per heavy atom. The second-order valence-electron chi connectivity index (χ2n) is 4.51. The lowest BCUT2D eigenvalue weighted by atomic mass is 10.2. The molecular weight excluding hydrogens is 333 g/mol. The van der Waals surface area contributed by atoms with Gasteiger partial charge in [0.25, 0.3) is 0 Å². The van der Waals surface area contributed by atoms with Crippen molar-refractivity contribution in [3.05, 3.63) is 42.0 Å². The zero-order valence-corrected chi connectivity index (χ0v) is 12.7. The van der Waals surface area contributed by atoms with Gasteiger partial charge >= 0.3 is 6.18 Å². The van der Waals surface area contributed by atoms with E-state index in [0.717, 1.165) is 12.1 Å². The van der Waals surface area contributed by atoms with Crippen molar-refractivity contribution in [2.75, 3.05) is 15.8 Å². The summed E-state index contributed by atoms with van der Waals surface area (Å²) >= 11 is 0. The molecule has 1 heterocycles. The van der Waals surface area contributed by atoms with Crippen LogP contribution in [0.5, 0.6) is 0 Å². The van der Waals surface area contributed by atoms with Crippen LogP contribution in [-0.2, 0) is 16.2 Å². The highest BCUT2D eigenvalue weighted by Crippen LogP contribution is 2.31. The Bertz CT molecular complexity index is 777. The lowest BCUT2D eigenvalue weighted by Crippen LogP contribution is -2.15. The van der Waals surface area contributed by atoms with Gasteiger partial charge in [-0.15, -0.1) is 10.2 Å². The van der Waals surface area contributed by atoms with Crippen LogP contribution in [0.3, 0.4) is 0 Å². The molecule has 1 aromatic heterocycles. The number of anilines is 3. The highest BCUT2D eigenvalue weighted by atomic mass is 32.2. The summed E-state index contributed by atoms with van der Waals surface area (Å²) in [5.74, 6) is 0.101. The lowest BCUT2D eigenvalue weighted by Gasteiger charge is -2.10. The Balaban J connectivity index is 2.13. The van der Waals surface area contributed by atoms with Crippen LogP contribution in [-0.4, -0.2) is 24.4 Å². The lowest BCUT2D eigenvalue weighted by molar-refractivity contribution is -0.137. The highest BCUT2D eigenvalue weighted by molar-refractivity contribution is 7.92. The summed E-state index contributed by atoms with van der Waals surface area (Å²) in [6.07, 6.45) is -4.44. The molecule has 0 aliphatic rings. The summed E-state index contributed by atoms with van der Waals surface area (Å²) in [4.78, 5) is 0. The van der Waals surface area contributed by atoms with Gasteiger partial charge in [0.15, 0.2) is 11.6 Å². The van der Waals surface area contributed by atoms with Gasteiger partial charge in [0, 0.05) is 5.69 Å². The molecule has 0 atom stereocenters. The number of alkyl halides is 3. The molecule has 0 bridgehead atoms. The second-order valence-corrected chi connectivity index (χ2v) is 6.52. The number of hydrogen-bond acceptors (Lipinski definition) is 5. The maximum absolute atomic E-state index is 12.6. The van der Waals surface area contributed by atoms with Crippen LogP contribution in [0.4, 0.5) is 30.5 Å². The molecule has 23 heavy (non-hydrogen) atoms. The maximum Gasteiger partial charge on any atom is 0.416 e. The molecule has 0 amide bonds. The Hall–Kier alpha value is -2.36. The SMILES string of the molecule is CCS(=O)(=O)Nc1ccc(Nc2cccc(C(F)(F)F)c2)nn1. The highest BCUT2D eigenvalue weighted by Gasteiger charge is 2.30. The smallest absolute Gasteiger partial charge is 0.339 e. The molecule has 2 rings (SSSR count). The van der Waals surface area contributed by atoms with Crippen molar-refractivity contribution in [2.24, 2.45) is 0 Å². The Kier molecular flexibility index (Phi) is 4.73. The molecule has 1 aromatic carbocycles. The molecule has 0 radical (unpaired) electrons. The Labute approximate surface area is 130 Å². The molecule has 0 saturated heterocycles. The predicted molar refractivity (Wildman–Crippen MR) is 79.8 cm³/mol. The van der Waals surface area contributed by atoms with E-state index in [1.165, 1.54) is 31.2 Å². The van der Waals surface area contributed by atoms with Gasteiger partial charge in [0.1, 0.15) is 0 Å². The first-order valence-electron chi connectivity index (χ1n) is 6.48. The maximum atomic E-state index is 12.6. The summed E-state index contributed by atoms with van der Waals surface area (Å²) in [6.45, 7) is 1.47. The monoisotopic (exact) mass is 346 g/mol. The van der Waals surface area contributed by atoms with Crippen molar-refractivity contribution in [3.8, 4) is 0 Å². The molecule has 0 unspecified atom stereocenters. The minimum atomic E-state index is -4.44. The number of aromatic nitrogens is 2. The summed E-state index contributed by atoms with van der Waals surface area (Å²) < 4.78 is 62.8. The molecule has 0 spiro atoms. The van der Waals surface area contributed by atoms with Crippen molar-refractivity contribution in [2.45, 2.75) is 13.1 Å². The number of rotatable bonds is 5. The third kappa shape index (κ3) is 4.81. The summed E-state index contributed by atoms with van der Waals surface area (Å²) in [5, 5.41) is 10.0. The minimum absolute atomic E-state index is 0.0291. The molecule has 2 N–H and O–H groups in total. The van der Waals surface area contributed by atoms with E-state index in [-0.39, 0.29) is 23.1 Å². The first-order chi connectivity index (χ1) is 10.7. The van der Waals surface area contributed by atoms with Gasteiger partial charge in [0.2, 0.25) is 10.0 Å². The number of benzene rings is 1. The Morgan fingerprint density at radius 3 is 2.30 bits per heavy atom. The van der Waals surface area contributed by atoms with E-state index in [2.05, 4.69) is 20.2 Å². The standard InChI is InChI=1S/C13H13F3N4O2S/c1-2-23(21,22)20-12-7-6-11(18-19-12)17-10-5-3-4-9(8-10)13(14,15)16/h3-8H,2H2,1H3,(H,17,18)(H,19,20). The van der Waals surface area contributed by atoms with Crippen LogP contribution < -0.4 is 10.0 Å². The van der Waals surface area contributed by atoms with Crippen molar-refractivity contribution < 1.29 is 21.6 Å². The average Bonchev–Trinajstić information content (AvgIpc) is 2.48.